The van der Waals surface area contributed by atoms with Crippen LogP contribution in [-0.2, 0) is 4.74 Å². The smallest absolute Gasteiger partial charge is 0.321 e. The van der Waals surface area contributed by atoms with Crippen LogP contribution in [0, 0.1) is 0 Å². The third-order valence-electron chi connectivity index (χ3n) is 5.64. The van der Waals surface area contributed by atoms with E-state index in [9.17, 15) is 9.59 Å². The maximum Gasteiger partial charge on any atom is 0.321 e. The summed E-state index contributed by atoms with van der Waals surface area (Å²) in [6.07, 6.45) is 0.737. The van der Waals surface area contributed by atoms with Crippen LogP contribution in [0.1, 0.15) is 16.8 Å². The van der Waals surface area contributed by atoms with Gasteiger partial charge in [0.1, 0.15) is 0 Å². The number of halogens is 1. The van der Waals surface area contributed by atoms with E-state index in [-0.39, 0.29) is 11.9 Å². The van der Waals surface area contributed by atoms with Crippen molar-refractivity contribution in [3.8, 4) is 0 Å². The van der Waals surface area contributed by atoms with Crippen LogP contribution < -0.4 is 10.2 Å². The molecular formula is C23H27ClN4O3. The van der Waals surface area contributed by atoms with E-state index in [0.29, 0.717) is 42.5 Å². The largest absolute Gasteiger partial charge is 0.378 e. The molecule has 0 saturated carbocycles. The van der Waals surface area contributed by atoms with Gasteiger partial charge in [-0.3, -0.25) is 4.79 Å². The van der Waals surface area contributed by atoms with E-state index in [1.54, 1.807) is 29.2 Å². The first-order chi connectivity index (χ1) is 15.1. The lowest BCUT2D eigenvalue weighted by atomic mass is 10.1. The molecule has 2 saturated heterocycles. The summed E-state index contributed by atoms with van der Waals surface area (Å²) >= 11 is 5.99. The highest BCUT2D eigenvalue weighted by Gasteiger charge is 2.23. The van der Waals surface area contributed by atoms with Crippen molar-refractivity contribution in [2.24, 2.45) is 0 Å². The van der Waals surface area contributed by atoms with Gasteiger partial charge in [0.25, 0.3) is 5.91 Å². The van der Waals surface area contributed by atoms with Gasteiger partial charge < -0.3 is 24.8 Å². The zero-order valence-electron chi connectivity index (χ0n) is 17.4. The van der Waals surface area contributed by atoms with E-state index < -0.39 is 0 Å². The lowest BCUT2D eigenvalue weighted by molar-refractivity contribution is 0.0762. The Morgan fingerprint density at radius 2 is 1.58 bits per heavy atom. The van der Waals surface area contributed by atoms with Crippen LogP contribution in [-0.4, -0.2) is 74.2 Å². The quantitative estimate of drug-likeness (QED) is 0.789. The number of ether oxygens (including phenoxy) is 1. The molecule has 2 aliphatic heterocycles. The highest BCUT2D eigenvalue weighted by atomic mass is 35.5. The molecule has 8 heteroatoms. The molecule has 4 rings (SSSR count). The van der Waals surface area contributed by atoms with E-state index in [2.05, 4.69) is 10.2 Å². The molecule has 1 N–H and O–H groups in total. The topological polar surface area (TPSA) is 65.1 Å². The van der Waals surface area contributed by atoms with Gasteiger partial charge in [0.2, 0.25) is 0 Å². The summed E-state index contributed by atoms with van der Waals surface area (Å²) < 4.78 is 5.40. The fourth-order valence-electron chi connectivity index (χ4n) is 3.91. The van der Waals surface area contributed by atoms with Crippen molar-refractivity contribution >= 4 is 34.9 Å². The molecule has 164 valence electrons. The number of anilines is 2. The molecule has 2 aromatic carbocycles. The summed E-state index contributed by atoms with van der Waals surface area (Å²) in [6.45, 7) is 5.43. The number of carbonyl (C=O) groups excluding carboxylic acids is 2. The standard InChI is InChI=1S/C23H27ClN4O3/c24-19-3-1-4-20(17-19)25-23(30)28-10-2-9-27(11-12-28)22(29)18-5-7-21(8-6-18)26-13-15-31-16-14-26/h1,3-8,17H,2,9-16H2,(H,25,30). The van der Waals surface area contributed by atoms with Crippen LogP contribution in [0.2, 0.25) is 5.02 Å². The average molecular weight is 443 g/mol. The Kier molecular flexibility index (Phi) is 6.94. The molecule has 2 aromatic rings. The lowest BCUT2D eigenvalue weighted by Crippen LogP contribution is -2.39. The molecule has 0 aromatic heterocycles. The number of carbonyl (C=O) groups is 2. The van der Waals surface area contributed by atoms with Gasteiger partial charge in [-0.05, 0) is 48.9 Å². The molecule has 7 nitrogen and oxygen atoms in total. The van der Waals surface area contributed by atoms with E-state index in [4.69, 9.17) is 16.3 Å². The number of hydrogen-bond donors (Lipinski definition) is 1. The number of urea groups is 1. The predicted molar refractivity (Wildman–Crippen MR) is 122 cm³/mol. The maximum absolute atomic E-state index is 13.0. The van der Waals surface area contributed by atoms with Crippen LogP contribution in [0.5, 0.6) is 0 Å². The highest BCUT2D eigenvalue weighted by Crippen LogP contribution is 2.19. The summed E-state index contributed by atoms with van der Waals surface area (Å²) in [6, 6.07) is 14.7. The van der Waals surface area contributed by atoms with Gasteiger partial charge in [-0.1, -0.05) is 17.7 Å². The predicted octanol–water partition coefficient (Wildman–Crippen LogP) is 3.56. The first kappa shape index (κ1) is 21.5. The molecule has 0 bridgehead atoms. The Morgan fingerprint density at radius 3 is 2.32 bits per heavy atom. The minimum absolute atomic E-state index is 0.00521. The molecule has 0 unspecified atom stereocenters. The number of amides is 3. The molecule has 2 heterocycles. The van der Waals surface area contributed by atoms with Gasteiger partial charge in [0, 0.05) is 61.2 Å². The van der Waals surface area contributed by atoms with Crippen LogP contribution >= 0.6 is 11.6 Å². The van der Waals surface area contributed by atoms with Crippen molar-refractivity contribution in [3.63, 3.8) is 0 Å². The van der Waals surface area contributed by atoms with Gasteiger partial charge in [0.15, 0.2) is 0 Å². The second-order valence-electron chi connectivity index (χ2n) is 7.72. The normalized spacial score (nSPS) is 17.3. The molecular weight excluding hydrogens is 416 g/mol. The number of benzene rings is 2. The Bertz CT molecular complexity index is 915. The van der Waals surface area contributed by atoms with Gasteiger partial charge >= 0.3 is 6.03 Å². The number of rotatable bonds is 3. The van der Waals surface area contributed by atoms with E-state index in [0.717, 1.165) is 38.4 Å². The minimum atomic E-state index is -0.175. The van der Waals surface area contributed by atoms with Crippen LogP contribution in [0.25, 0.3) is 0 Å². The van der Waals surface area contributed by atoms with Gasteiger partial charge in [0.05, 0.1) is 13.2 Å². The lowest BCUT2D eigenvalue weighted by Gasteiger charge is -2.29. The molecule has 2 aliphatic rings. The SMILES string of the molecule is O=C(Nc1cccc(Cl)c1)N1CCCN(C(=O)c2ccc(N3CCOCC3)cc2)CC1. The third kappa shape index (κ3) is 5.48. The van der Waals surface area contributed by atoms with Crippen LogP contribution in [0.4, 0.5) is 16.2 Å². The second kappa shape index (κ2) is 10.0. The van der Waals surface area contributed by atoms with E-state index in [1.807, 2.05) is 29.2 Å². The summed E-state index contributed by atoms with van der Waals surface area (Å²) in [7, 11) is 0. The van der Waals surface area contributed by atoms with Crippen molar-refractivity contribution in [3.05, 3.63) is 59.1 Å². The minimum Gasteiger partial charge on any atom is -0.378 e. The summed E-state index contributed by atoms with van der Waals surface area (Å²) in [5.74, 6) is 0.00521. The number of hydrogen-bond acceptors (Lipinski definition) is 4. The molecule has 2 fully saturated rings. The molecule has 3 amide bonds. The van der Waals surface area contributed by atoms with Crippen LogP contribution in [0.3, 0.4) is 0 Å². The first-order valence-electron chi connectivity index (χ1n) is 10.6. The van der Waals surface area contributed by atoms with Gasteiger partial charge in [-0.25, -0.2) is 4.79 Å². The van der Waals surface area contributed by atoms with Crippen molar-refractivity contribution in [1.82, 2.24) is 9.80 Å². The summed E-state index contributed by atoms with van der Waals surface area (Å²) in [5, 5.41) is 3.45. The Hall–Kier alpha value is -2.77. The number of morpholine rings is 1. The Balaban J connectivity index is 1.33. The van der Waals surface area contributed by atoms with E-state index >= 15 is 0 Å². The average Bonchev–Trinajstić information content (AvgIpc) is 3.06. The van der Waals surface area contributed by atoms with Crippen molar-refractivity contribution in [1.29, 1.82) is 0 Å². The second-order valence-corrected chi connectivity index (χ2v) is 8.16. The number of nitrogens with zero attached hydrogens (tertiary/aromatic N) is 3. The van der Waals surface area contributed by atoms with Crippen molar-refractivity contribution in [2.45, 2.75) is 6.42 Å². The summed E-state index contributed by atoms with van der Waals surface area (Å²) in [4.78, 5) is 31.5. The maximum atomic E-state index is 13.0. The van der Waals surface area contributed by atoms with E-state index in [1.165, 1.54) is 0 Å². The zero-order valence-corrected chi connectivity index (χ0v) is 18.2. The molecule has 31 heavy (non-hydrogen) atoms. The zero-order chi connectivity index (χ0) is 21.6. The molecule has 0 atom stereocenters. The van der Waals surface area contributed by atoms with Crippen molar-refractivity contribution < 1.29 is 14.3 Å². The van der Waals surface area contributed by atoms with Crippen LogP contribution in [0.15, 0.2) is 48.5 Å². The third-order valence-corrected chi connectivity index (χ3v) is 5.87. The molecule has 0 spiro atoms. The highest BCUT2D eigenvalue weighted by molar-refractivity contribution is 6.30. The number of nitrogens with one attached hydrogen (secondary N) is 1. The van der Waals surface area contributed by atoms with Gasteiger partial charge in [-0.2, -0.15) is 0 Å². The molecule has 0 radical (unpaired) electrons. The fraction of sp³-hybridized carbons (Fsp3) is 0.391. The summed E-state index contributed by atoms with van der Waals surface area (Å²) in [5.41, 5.74) is 2.45. The van der Waals surface area contributed by atoms with Gasteiger partial charge in [-0.15, -0.1) is 0 Å². The van der Waals surface area contributed by atoms with Crippen molar-refractivity contribution in [2.75, 3.05) is 62.7 Å². The molecule has 0 aliphatic carbocycles. The Labute approximate surface area is 187 Å². The Morgan fingerprint density at radius 1 is 0.871 bits per heavy atom. The monoisotopic (exact) mass is 442 g/mol. The first-order valence-corrected chi connectivity index (χ1v) is 11.0. The fourth-order valence-corrected chi connectivity index (χ4v) is 4.10.